The molecule has 1 heterocycles. The van der Waals surface area contributed by atoms with Crippen molar-refractivity contribution in [1.82, 2.24) is 9.78 Å². The van der Waals surface area contributed by atoms with Crippen LogP contribution in [0.15, 0.2) is 63.9 Å². The maximum absolute atomic E-state index is 12.6. The third-order valence-electron chi connectivity index (χ3n) is 4.15. The van der Waals surface area contributed by atoms with E-state index in [1.165, 1.54) is 24.3 Å². The van der Waals surface area contributed by atoms with Crippen molar-refractivity contribution >= 4 is 39.2 Å². The number of esters is 1. The van der Waals surface area contributed by atoms with Crippen LogP contribution in [0.1, 0.15) is 17.4 Å². The molecule has 0 spiro atoms. The Kier molecular flexibility index (Phi) is 7.51. The zero-order chi connectivity index (χ0) is 24.0. The van der Waals surface area contributed by atoms with Crippen molar-refractivity contribution in [2.75, 3.05) is 18.5 Å². The van der Waals surface area contributed by atoms with Crippen LogP contribution >= 0.6 is 15.9 Å². The van der Waals surface area contributed by atoms with Crippen LogP contribution in [0.5, 0.6) is 5.75 Å². The lowest BCUT2D eigenvalue weighted by molar-refractivity contribution is -0.383. The molecule has 2 aromatic carbocycles. The highest BCUT2D eigenvalue weighted by Gasteiger charge is 2.21. The van der Waals surface area contributed by atoms with Crippen molar-refractivity contribution in [3.63, 3.8) is 0 Å². The summed E-state index contributed by atoms with van der Waals surface area (Å²) in [5, 5.41) is 17.5. The minimum Gasteiger partial charge on any atom is -0.481 e. The number of hydrogen-bond donors (Lipinski definition) is 1. The molecule has 1 amide bonds. The molecule has 0 saturated carbocycles. The van der Waals surface area contributed by atoms with E-state index in [4.69, 9.17) is 9.47 Å². The number of para-hydroxylation sites is 2. The summed E-state index contributed by atoms with van der Waals surface area (Å²) in [6.07, 6.45) is 0. The molecule has 3 rings (SSSR count). The minimum atomic E-state index is -0.852. The van der Waals surface area contributed by atoms with E-state index in [1.807, 2.05) is 0 Å². The fraction of sp³-hybridized carbons (Fsp3) is 0.143. The number of carbonyl (C=O) groups is 2. The Bertz CT molecular complexity index is 1280. The number of halogens is 1. The van der Waals surface area contributed by atoms with Crippen LogP contribution in [0.3, 0.4) is 0 Å². The first kappa shape index (κ1) is 23.6. The van der Waals surface area contributed by atoms with Gasteiger partial charge in [-0.25, -0.2) is 4.79 Å². The van der Waals surface area contributed by atoms with Crippen LogP contribution in [-0.2, 0) is 9.53 Å². The SMILES string of the molecule is CCOC(=O)c1nn(-c2cccc(Br)c2)c(=O)cc1OCC(=O)Nc1ccccc1[N+](=O)[O-]. The Balaban J connectivity index is 1.87. The van der Waals surface area contributed by atoms with Crippen LogP contribution < -0.4 is 15.6 Å². The molecule has 3 aromatic rings. The molecule has 170 valence electrons. The van der Waals surface area contributed by atoms with Crippen molar-refractivity contribution in [3.05, 3.63) is 85.2 Å². The maximum atomic E-state index is 12.6. The Morgan fingerprint density at radius 1 is 1.18 bits per heavy atom. The van der Waals surface area contributed by atoms with Gasteiger partial charge in [0, 0.05) is 10.5 Å². The molecule has 0 unspecified atom stereocenters. The predicted molar refractivity (Wildman–Crippen MR) is 121 cm³/mol. The Hall–Kier alpha value is -4.06. The van der Waals surface area contributed by atoms with E-state index >= 15 is 0 Å². The molecule has 0 aliphatic rings. The van der Waals surface area contributed by atoms with Crippen molar-refractivity contribution in [3.8, 4) is 11.4 Å². The van der Waals surface area contributed by atoms with Gasteiger partial charge < -0.3 is 14.8 Å². The molecule has 33 heavy (non-hydrogen) atoms. The molecular weight excluding hydrogens is 500 g/mol. The van der Waals surface area contributed by atoms with Gasteiger partial charge in [0.2, 0.25) is 5.69 Å². The summed E-state index contributed by atoms with van der Waals surface area (Å²) in [6, 6.07) is 13.3. The number of rotatable bonds is 8. The van der Waals surface area contributed by atoms with Gasteiger partial charge in [-0.3, -0.25) is 19.7 Å². The molecule has 0 radical (unpaired) electrons. The second-order valence-electron chi connectivity index (χ2n) is 6.42. The first-order valence-electron chi connectivity index (χ1n) is 9.53. The molecule has 0 aliphatic heterocycles. The summed E-state index contributed by atoms with van der Waals surface area (Å²) in [5.41, 5.74) is -0.855. The number of nitro benzene ring substituents is 1. The van der Waals surface area contributed by atoms with Crippen LogP contribution in [0.25, 0.3) is 5.69 Å². The second kappa shape index (κ2) is 10.5. The number of benzene rings is 2. The normalized spacial score (nSPS) is 10.4. The number of carbonyl (C=O) groups excluding carboxylic acids is 2. The zero-order valence-electron chi connectivity index (χ0n) is 17.2. The third-order valence-corrected chi connectivity index (χ3v) is 4.65. The largest absolute Gasteiger partial charge is 0.481 e. The average molecular weight is 517 g/mol. The van der Waals surface area contributed by atoms with Gasteiger partial charge in [0.25, 0.3) is 17.2 Å². The monoisotopic (exact) mass is 516 g/mol. The highest BCUT2D eigenvalue weighted by atomic mass is 79.9. The summed E-state index contributed by atoms with van der Waals surface area (Å²) in [6.45, 7) is 1.01. The summed E-state index contributed by atoms with van der Waals surface area (Å²) in [7, 11) is 0. The topological polar surface area (TPSA) is 143 Å². The third kappa shape index (κ3) is 5.80. The number of hydrogen-bond acceptors (Lipinski definition) is 8. The summed E-state index contributed by atoms with van der Waals surface area (Å²) < 4.78 is 12.0. The van der Waals surface area contributed by atoms with E-state index in [0.717, 1.165) is 10.7 Å². The van der Waals surface area contributed by atoms with E-state index < -0.39 is 29.0 Å². The quantitative estimate of drug-likeness (QED) is 0.273. The van der Waals surface area contributed by atoms with Gasteiger partial charge in [-0.2, -0.15) is 9.78 Å². The van der Waals surface area contributed by atoms with Crippen molar-refractivity contribution in [2.24, 2.45) is 0 Å². The minimum absolute atomic E-state index is 0.0232. The van der Waals surface area contributed by atoms with Gasteiger partial charge in [0.05, 0.1) is 23.3 Å². The summed E-state index contributed by atoms with van der Waals surface area (Å²) in [5.74, 6) is -1.85. The van der Waals surface area contributed by atoms with Crippen LogP contribution in [0, 0.1) is 10.1 Å². The Morgan fingerprint density at radius 3 is 2.64 bits per heavy atom. The smallest absolute Gasteiger partial charge is 0.362 e. The van der Waals surface area contributed by atoms with Gasteiger partial charge in [-0.15, -0.1) is 0 Å². The molecule has 0 saturated heterocycles. The highest BCUT2D eigenvalue weighted by molar-refractivity contribution is 9.10. The van der Waals surface area contributed by atoms with E-state index in [1.54, 1.807) is 31.2 Å². The lowest BCUT2D eigenvalue weighted by Gasteiger charge is -2.13. The average Bonchev–Trinajstić information content (AvgIpc) is 2.78. The van der Waals surface area contributed by atoms with Gasteiger partial charge in [-0.05, 0) is 31.2 Å². The fourth-order valence-electron chi connectivity index (χ4n) is 2.75. The lowest BCUT2D eigenvalue weighted by atomic mass is 10.2. The summed E-state index contributed by atoms with van der Waals surface area (Å²) >= 11 is 3.31. The number of ether oxygens (including phenoxy) is 2. The number of anilines is 1. The molecule has 0 atom stereocenters. The van der Waals surface area contributed by atoms with E-state index in [0.29, 0.717) is 10.2 Å². The van der Waals surface area contributed by atoms with Crippen molar-refractivity contribution in [2.45, 2.75) is 6.92 Å². The van der Waals surface area contributed by atoms with Gasteiger partial charge >= 0.3 is 5.97 Å². The molecule has 0 bridgehead atoms. The second-order valence-corrected chi connectivity index (χ2v) is 7.33. The van der Waals surface area contributed by atoms with E-state index in [2.05, 4.69) is 26.3 Å². The van der Waals surface area contributed by atoms with Gasteiger partial charge in [0.1, 0.15) is 5.69 Å². The molecule has 0 fully saturated rings. The maximum Gasteiger partial charge on any atom is 0.362 e. The molecule has 12 heteroatoms. The zero-order valence-corrected chi connectivity index (χ0v) is 18.8. The summed E-state index contributed by atoms with van der Waals surface area (Å²) in [4.78, 5) is 47.8. The molecule has 1 aromatic heterocycles. The van der Waals surface area contributed by atoms with Crippen molar-refractivity contribution in [1.29, 1.82) is 0 Å². The van der Waals surface area contributed by atoms with Crippen LogP contribution in [-0.4, -0.2) is 39.8 Å². The lowest BCUT2D eigenvalue weighted by Crippen LogP contribution is -2.27. The molecular formula is C21H17BrN4O7. The number of nitrogens with one attached hydrogen (secondary N) is 1. The number of nitro groups is 1. The number of nitrogens with zero attached hydrogens (tertiary/aromatic N) is 3. The number of amides is 1. The first-order valence-corrected chi connectivity index (χ1v) is 10.3. The van der Waals surface area contributed by atoms with Gasteiger partial charge in [-0.1, -0.05) is 34.1 Å². The highest BCUT2D eigenvalue weighted by Crippen LogP contribution is 2.23. The van der Waals surface area contributed by atoms with E-state index in [9.17, 15) is 24.5 Å². The standard InChI is InChI=1S/C21H17BrN4O7/c1-2-32-21(29)20-17(11-19(28)25(24-20)14-7-5-6-13(22)10-14)33-12-18(27)23-15-8-3-4-9-16(15)26(30)31/h3-11H,2,12H2,1H3,(H,23,27). The molecule has 11 nitrogen and oxygen atoms in total. The number of aromatic nitrogens is 2. The molecule has 0 aliphatic carbocycles. The Morgan fingerprint density at radius 2 is 1.94 bits per heavy atom. The van der Waals surface area contributed by atoms with Crippen LogP contribution in [0.2, 0.25) is 0 Å². The predicted octanol–water partition coefficient (Wildman–Crippen LogP) is 3.10. The van der Waals surface area contributed by atoms with Crippen LogP contribution in [0.4, 0.5) is 11.4 Å². The Labute approximate surface area is 195 Å². The first-order chi connectivity index (χ1) is 15.8. The van der Waals surface area contributed by atoms with Crippen molar-refractivity contribution < 1.29 is 24.0 Å². The molecule has 1 N–H and O–H groups in total. The van der Waals surface area contributed by atoms with E-state index in [-0.39, 0.29) is 29.4 Å². The van der Waals surface area contributed by atoms with Gasteiger partial charge in [0.15, 0.2) is 12.4 Å². The fourth-order valence-corrected chi connectivity index (χ4v) is 3.14.